The van der Waals surface area contributed by atoms with Gasteiger partial charge in [0.05, 0.1) is 11.2 Å². The maximum absolute atomic E-state index is 13.0. The molecule has 2 aromatic rings. The van der Waals surface area contributed by atoms with E-state index in [1.54, 1.807) is 13.0 Å². The molecule has 2 rings (SSSR count). The molecule has 0 bridgehead atoms. The standard InChI is InChI=1S/C10H9FN2O2/c1-6-8-3-2-7(11)5-13(8)9(12-6)4-10(14)15/h2-3,5H,4H2,1H3,(H,14,15). The molecule has 4 nitrogen and oxygen atoms in total. The topological polar surface area (TPSA) is 54.6 Å². The maximum Gasteiger partial charge on any atom is 0.311 e. The molecule has 0 aromatic carbocycles. The molecule has 2 aromatic heterocycles. The summed E-state index contributed by atoms with van der Waals surface area (Å²) in [6.45, 7) is 1.76. The minimum atomic E-state index is -0.980. The van der Waals surface area contributed by atoms with E-state index in [1.165, 1.54) is 16.7 Å². The number of aryl methyl sites for hydroxylation is 1. The van der Waals surface area contributed by atoms with Crippen LogP contribution in [0.2, 0.25) is 0 Å². The van der Waals surface area contributed by atoms with E-state index in [2.05, 4.69) is 4.98 Å². The van der Waals surface area contributed by atoms with Crippen molar-refractivity contribution in [3.05, 3.63) is 35.7 Å². The molecule has 0 saturated heterocycles. The Morgan fingerprint density at radius 3 is 3.00 bits per heavy atom. The van der Waals surface area contributed by atoms with Gasteiger partial charge in [-0.1, -0.05) is 0 Å². The molecule has 0 aliphatic carbocycles. The van der Waals surface area contributed by atoms with Gasteiger partial charge < -0.3 is 9.51 Å². The summed E-state index contributed by atoms with van der Waals surface area (Å²) in [6, 6.07) is 2.91. The van der Waals surface area contributed by atoms with Crippen LogP contribution >= 0.6 is 0 Å². The third-order valence-corrected chi connectivity index (χ3v) is 2.17. The Morgan fingerprint density at radius 1 is 1.60 bits per heavy atom. The number of carboxylic acid groups (broad SMARTS) is 1. The van der Waals surface area contributed by atoms with Gasteiger partial charge in [0.2, 0.25) is 0 Å². The average Bonchev–Trinajstić information content (AvgIpc) is 2.42. The highest BCUT2D eigenvalue weighted by Gasteiger charge is 2.11. The SMILES string of the molecule is Cc1nc(CC(=O)O)n2cc(F)ccc12. The van der Waals surface area contributed by atoms with Crippen molar-refractivity contribution >= 4 is 11.5 Å². The summed E-state index contributed by atoms with van der Waals surface area (Å²) in [7, 11) is 0. The lowest BCUT2D eigenvalue weighted by Crippen LogP contribution is -2.04. The first-order chi connectivity index (χ1) is 7.08. The maximum atomic E-state index is 13.0. The number of fused-ring (bicyclic) bond motifs is 1. The van der Waals surface area contributed by atoms with Crippen molar-refractivity contribution in [1.29, 1.82) is 0 Å². The number of hydrogen-bond acceptors (Lipinski definition) is 2. The van der Waals surface area contributed by atoms with Crippen LogP contribution in [0.15, 0.2) is 18.3 Å². The van der Waals surface area contributed by atoms with Gasteiger partial charge in [-0.3, -0.25) is 4.79 Å². The Morgan fingerprint density at radius 2 is 2.33 bits per heavy atom. The fraction of sp³-hybridized carbons (Fsp3) is 0.200. The van der Waals surface area contributed by atoms with Crippen LogP contribution in [-0.4, -0.2) is 20.5 Å². The highest BCUT2D eigenvalue weighted by atomic mass is 19.1. The smallest absolute Gasteiger partial charge is 0.311 e. The highest BCUT2D eigenvalue weighted by molar-refractivity contribution is 5.70. The summed E-state index contributed by atoms with van der Waals surface area (Å²) in [5.41, 5.74) is 1.43. The van der Waals surface area contributed by atoms with Crippen LogP contribution < -0.4 is 0 Å². The summed E-state index contributed by atoms with van der Waals surface area (Å²) in [5, 5.41) is 8.66. The first-order valence-corrected chi connectivity index (χ1v) is 4.43. The molecule has 0 amide bonds. The predicted octanol–water partition coefficient (Wildman–Crippen LogP) is 1.41. The Hall–Kier alpha value is -1.91. The zero-order valence-corrected chi connectivity index (χ0v) is 8.07. The number of aliphatic carboxylic acids is 1. The van der Waals surface area contributed by atoms with Gasteiger partial charge in [-0.25, -0.2) is 9.37 Å². The van der Waals surface area contributed by atoms with Gasteiger partial charge in [0.25, 0.3) is 0 Å². The molecule has 0 aliphatic heterocycles. The molecule has 5 heteroatoms. The van der Waals surface area contributed by atoms with Gasteiger partial charge in [0, 0.05) is 6.20 Å². The second-order valence-electron chi connectivity index (χ2n) is 3.29. The van der Waals surface area contributed by atoms with Crippen LogP contribution in [0, 0.1) is 12.7 Å². The quantitative estimate of drug-likeness (QED) is 0.811. The summed E-state index contributed by atoms with van der Waals surface area (Å²) in [6.07, 6.45) is 1.03. The molecule has 2 heterocycles. The van der Waals surface area contributed by atoms with E-state index < -0.39 is 11.8 Å². The van der Waals surface area contributed by atoms with E-state index in [1.807, 2.05) is 0 Å². The lowest BCUT2D eigenvalue weighted by Gasteiger charge is -1.98. The van der Waals surface area contributed by atoms with Crippen molar-refractivity contribution in [1.82, 2.24) is 9.38 Å². The molecule has 0 atom stereocenters. The summed E-state index contributed by atoms with van der Waals surface area (Å²) in [5.74, 6) is -1.05. The van der Waals surface area contributed by atoms with E-state index in [0.29, 0.717) is 11.5 Å². The Labute approximate surface area is 85.0 Å². The number of imidazole rings is 1. The molecular formula is C10H9FN2O2. The minimum Gasteiger partial charge on any atom is -0.481 e. The molecule has 15 heavy (non-hydrogen) atoms. The molecule has 0 saturated carbocycles. The average molecular weight is 208 g/mol. The van der Waals surface area contributed by atoms with Gasteiger partial charge in [0.1, 0.15) is 18.1 Å². The van der Waals surface area contributed by atoms with Crippen LogP contribution in [0.1, 0.15) is 11.5 Å². The van der Waals surface area contributed by atoms with E-state index in [-0.39, 0.29) is 6.42 Å². The fourth-order valence-electron chi connectivity index (χ4n) is 1.55. The van der Waals surface area contributed by atoms with Crippen molar-refractivity contribution in [3.63, 3.8) is 0 Å². The highest BCUT2D eigenvalue weighted by Crippen LogP contribution is 2.13. The van der Waals surface area contributed by atoms with Gasteiger partial charge in [-0.15, -0.1) is 0 Å². The van der Waals surface area contributed by atoms with E-state index in [9.17, 15) is 9.18 Å². The van der Waals surface area contributed by atoms with Crippen molar-refractivity contribution in [2.24, 2.45) is 0 Å². The first-order valence-electron chi connectivity index (χ1n) is 4.43. The largest absolute Gasteiger partial charge is 0.481 e. The zero-order chi connectivity index (χ0) is 11.0. The Balaban J connectivity index is 2.64. The summed E-state index contributed by atoms with van der Waals surface area (Å²) >= 11 is 0. The van der Waals surface area contributed by atoms with Crippen LogP contribution in [0.3, 0.4) is 0 Å². The molecule has 1 N–H and O–H groups in total. The predicted molar refractivity (Wildman–Crippen MR) is 51.2 cm³/mol. The molecule has 0 aliphatic rings. The van der Waals surface area contributed by atoms with Crippen LogP contribution in [0.25, 0.3) is 5.52 Å². The third kappa shape index (κ3) is 1.68. The number of carbonyl (C=O) groups is 1. The lowest BCUT2D eigenvalue weighted by molar-refractivity contribution is -0.136. The minimum absolute atomic E-state index is 0.210. The van der Waals surface area contributed by atoms with Crippen molar-refractivity contribution in [2.45, 2.75) is 13.3 Å². The number of rotatable bonds is 2. The number of carboxylic acids is 1. The third-order valence-electron chi connectivity index (χ3n) is 2.17. The first kappa shape index (κ1) is 9.64. The number of aromatic nitrogens is 2. The molecule has 78 valence electrons. The zero-order valence-electron chi connectivity index (χ0n) is 8.07. The van der Waals surface area contributed by atoms with E-state index >= 15 is 0 Å². The van der Waals surface area contributed by atoms with E-state index in [4.69, 9.17) is 5.11 Å². The van der Waals surface area contributed by atoms with Crippen LogP contribution in [0.4, 0.5) is 4.39 Å². The second kappa shape index (κ2) is 3.34. The summed E-state index contributed by atoms with van der Waals surface area (Å²) in [4.78, 5) is 14.6. The number of nitrogens with zero attached hydrogens (tertiary/aromatic N) is 2. The molecular weight excluding hydrogens is 199 g/mol. The number of halogens is 1. The molecule has 0 spiro atoms. The van der Waals surface area contributed by atoms with Gasteiger partial charge in [0.15, 0.2) is 0 Å². The number of hydrogen-bond donors (Lipinski definition) is 1. The monoisotopic (exact) mass is 208 g/mol. The molecule has 0 unspecified atom stereocenters. The fourth-order valence-corrected chi connectivity index (χ4v) is 1.55. The van der Waals surface area contributed by atoms with Gasteiger partial charge in [-0.05, 0) is 19.1 Å². The Bertz CT molecular complexity index is 533. The summed E-state index contributed by atoms with van der Waals surface area (Å²) < 4.78 is 14.4. The molecule has 0 radical (unpaired) electrons. The van der Waals surface area contributed by atoms with Crippen molar-refractivity contribution in [2.75, 3.05) is 0 Å². The normalized spacial score (nSPS) is 10.8. The lowest BCUT2D eigenvalue weighted by atomic mass is 10.3. The molecule has 0 fully saturated rings. The van der Waals surface area contributed by atoms with Crippen molar-refractivity contribution < 1.29 is 14.3 Å². The van der Waals surface area contributed by atoms with Crippen LogP contribution in [0.5, 0.6) is 0 Å². The van der Waals surface area contributed by atoms with Crippen molar-refractivity contribution in [3.8, 4) is 0 Å². The van der Waals surface area contributed by atoms with E-state index in [0.717, 1.165) is 5.52 Å². The Kier molecular flexibility index (Phi) is 2.15. The van der Waals surface area contributed by atoms with Crippen LogP contribution in [-0.2, 0) is 11.2 Å². The van der Waals surface area contributed by atoms with Gasteiger partial charge in [-0.2, -0.15) is 0 Å². The van der Waals surface area contributed by atoms with Gasteiger partial charge >= 0.3 is 5.97 Å². The number of pyridine rings is 1. The second-order valence-corrected chi connectivity index (χ2v) is 3.29.